The van der Waals surface area contributed by atoms with Crippen molar-refractivity contribution < 1.29 is 0 Å². The van der Waals surface area contributed by atoms with Gasteiger partial charge in [0.05, 0.1) is 5.02 Å². The molecule has 0 saturated heterocycles. The SMILES string of the molecule is SCCC#Cc1cc(Cl)ccc1Cl. The smallest absolute Gasteiger partial charge is 0.0563 e. The van der Waals surface area contributed by atoms with E-state index < -0.39 is 0 Å². The molecule has 0 unspecified atom stereocenters. The highest BCUT2D eigenvalue weighted by atomic mass is 35.5. The fourth-order valence-electron chi connectivity index (χ4n) is 0.807. The number of hydrogen-bond acceptors (Lipinski definition) is 1. The van der Waals surface area contributed by atoms with Gasteiger partial charge in [-0.15, -0.1) is 0 Å². The van der Waals surface area contributed by atoms with Gasteiger partial charge in [0.15, 0.2) is 0 Å². The van der Waals surface area contributed by atoms with Gasteiger partial charge in [0, 0.05) is 22.8 Å². The maximum absolute atomic E-state index is 5.89. The molecule has 0 atom stereocenters. The Bertz CT molecular complexity index is 350. The normalized spacial score (nSPS) is 9.15. The summed E-state index contributed by atoms with van der Waals surface area (Å²) >= 11 is 15.7. The van der Waals surface area contributed by atoms with Gasteiger partial charge in [-0.25, -0.2) is 0 Å². The van der Waals surface area contributed by atoms with Crippen LogP contribution in [0.5, 0.6) is 0 Å². The van der Waals surface area contributed by atoms with E-state index in [-0.39, 0.29) is 0 Å². The molecule has 0 N–H and O–H groups in total. The van der Waals surface area contributed by atoms with Crippen LogP contribution < -0.4 is 0 Å². The van der Waals surface area contributed by atoms with Crippen LogP contribution in [0.3, 0.4) is 0 Å². The van der Waals surface area contributed by atoms with Gasteiger partial charge >= 0.3 is 0 Å². The molecule has 1 aromatic carbocycles. The Hall–Kier alpha value is -0.290. The van der Waals surface area contributed by atoms with Gasteiger partial charge in [-0.2, -0.15) is 12.6 Å². The molecule has 13 heavy (non-hydrogen) atoms. The molecule has 0 aromatic heterocycles. The van der Waals surface area contributed by atoms with E-state index in [1.54, 1.807) is 18.2 Å². The lowest BCUT2D eigenvalue weighted by atomic mass is 10.2. The van der Waals surface area contributed by atoms with E-state index in [4.69, 9.17) is 23.2 Å². The van der Waals surface area contributed by atoms with Crippen molar-refractivity contribution in [2.45, 2.75) is 6.42 Å². The number of benzene rings is 1. The number of hydrogen-bond donors (Lipinski definition) is 1. The van der Waals surface area contributed by atoms with Crippen molar-refractivity contribution in [1.82, 2.24) is 0 Å². The van der Waals surface area contributed by atoms with Gasteiger partial charge in [0.2, 0.25) is 0 Å². The molecule has 68 valence electrons. The third-order valence-corrected chi connectivity index (χ3v) is 2.18. The molecule has 0 radical (unpaired) electrons. The van der Waals surface area contributed by atoms with Crippen molar-refractivity contribution in [2.75, 3.05) is 5.75 Å². The first-order valence-electron chi connectivity index (χ1n) is 3.79. The Labute approximate surface area is 93.7 Å². The summed E-state index contributed by atoms with van der Waals surface area (Å²) in [5, 5.41) is 1.29. The van der Waals surface area contributed by atoms with Gasteiger partial charge in [-0.3, -0.25) is 0 Å². The van der Waals surface area contributed by atoms with E-state index in [1.165, 1.54) is 0 Å². The molecule has 0 fully saturated rings. The van der Waals surface area contributed by atoms with Crippen molar-refractivity contribution in [3.8, 4) is 11.8 Å². The first kappa shape index (κ1) is 10.8. The van der Waals surface area contributed by atoms with Crippen LogP contribution in [0.4, 0.5) is 0 Å². The van der Waals surface area contributed by atoms with Crippen LogP contribution in [-0.4, -0.2) is 5.75 Å². The fraction of sp³-hybridized carbons (Fsp3) is 0.200. The highest BCUT2D eigenvalue weighted by molar-refractivity contribution is 7.80. The number of halogens is 2. The van der Waals surface area contributed by atoms with E-state index >= 15 is 0 Å². The summed E-state index contributed by atoms with van der Waals surface area (Å²) in [6.07, 6.45) is 0.756. The minimum absolute atomic E-state index is 0.635. The third-order valence-electron chi connectivity index (χ3n) is 1.39. The fourth-order valence-corrected chi connectivity index (χ4v) is 1.26. The zero-order valence-corrected chi connectivity index (χ0v) is 9.26. The second-order valence-electron chi connectivity index (χ2n) is 2.40. The quantitative estimate of drug-likeness (QED) is 0.553. The van der Waals surface area contributed by atoms with E-state index in [0.717, 1.165) is 17.7 Å². The first-order valence-corrected chi connectivity index (χ1v) is 5.17. The van der Waals surface area contributed by atoms with Crippen LogP contribution in [0.1, 0.15) is 12.0 Å². The van der Waals surface area contributed by atoms with Crippen molar-refractivity contribution in [1.29, 1.82) is 0 Å². The average molecular weight is 231 g/mol. The summed E-state index contributed by atoms with van der Waals surface area (Å²) in [5.41, 5.74) is 0.774. The lowest BCUT2D eigenvalue weighted by molar-refractivity contribution is 1.31. The third kappa shape index (κ3) is 3.52. The van der Waals surface area contributed by atoms with Gasteiger partial charge in [-0.1, -0.05) is 35.0 Å². The Morgan fingerprint density at radius 3 is 2.77 bits per heavy atom. The highest BCUT2D eigenvalue weighted by Gasteiger charge is 1.96. The summed E-state index contributed by atoms with van der Waals surface area (Å²) in [6.45, 7) is 0. The van der Waals surface area contributed by atoms with Crippen molar-refractivity contribution in [3.05, 3.63) is 33.8 Å². The van der Waals surface area contributed by atoms with Crippen molar-refractivity contribution in [2.24, 2.45) is 0 Å². The summed E-state index contributed by atoms with van der Waals surface area (Å²) in [7, 11) is 0. The topological polar surface area (TPSA) is 0 Å². The largest absolute Gasteiger partial charge is 0.178 e. The van der Waals surface area contributed by atoms with E-state index in [0.29, 0.717) is 10.0 Å². The summed E-state index contributed by atoms with van der Waals surface area (Å²) in [6, 6.07) is 5.25. The minimum Gasteiger partial charge on any atom is -0.178 e. The highest BCUT2D eigenvalue weighted by Crippen LogP contribution is 2.19. The molecule has 1 rings (SSSR count). The molecular formula is C10H8Cl2S. The van der Waals surface area contributed by atoms with Crippen molar-refractivity contribution >= 4 is 35.8 Å². The van der Waals surface area contributed by atoms with Crippen LogP contribution in [0.25, 0.3) is 0 Å². The summed E-state index contributed by atoms with van der Waals surface area (Å²) < 4.78 is 0. The predicted molar refractivity (Wildman–Crippen MR) is 61.8 cm³/mol. The van der Waals surface area contributed by atoms with E-state index in [1.807, 2.05) is 0 Å². The molecular weight excluding hydrogens is 223 g/mol. The minimum atomic E-state index is 0.635. The van der Waals surface area contributed by atoms with Crippen LogP contribution in [0.2, 0.25) is 10.0 Å². The second kappa shape index (κ2) is 5.44. The first-order chi connectivity index (χ1) is 6.24. The molecule has 3 heteroatoms. The number of thiol groups is 1. The monoisotopic (exact) mass is 230 g/mol. The van der Waals surface area contributed by atoms with E-state index in [2.05, 4.69) is 24.5 Å². The molecule has 0 nitrogen and oxygen atoms in total. The molecule has 1 aromatic rings. The molecule has 0 heterocycles. The second-order valence-corrected chi connectivity index (χ2v) is 3.69. The van der Waals surface area contributed by atoms with Gasteiger partial charge in [0.1, 0.15) is 0 Å². The molecule has 0 amide bonds. The summed E-state index contributed by atoms with van der Waals surface area (Å²) in [5.74, 6) is 6.64. The van der Waals surface area contributed by atoms with Gasteiger partial charge < -0.3 is 0 Å². The maximum Gasteiger partial charge on any atom is 0.0563 e. The maximum atomic E-state index is 5.89. The average Bonchev–Trinajstić information content (AvgIpc) is 2.11. The van der Waals surface area contributed by atoms with Crippen molar-refractivity contribution in [3.63, 3.8) is 0 Å². The molecule has 0 bridgehead atoms. The summed E-state index contributed by atoms with van der Waals surface area (Å²) in [4.78, 5) is 0. The van der Waals surface area contributed by atoms with Crippen LogP contribution in [-0.2, 0) is 0 Å². The molecule has 0 spiro atoms. The Morgan fingerprint density at radius 2 is 2.08 bits per heavy atom. The Morgan fingerprint density at radius 1 is 1.31 bits per heavy atom. The Balaban J connectivity index is 2.89. The zero-order valence-electron chi connectivity index (χ0n) is 6.85. The predicted octanol–water partition coefficient (Wildman–Crippen LogP) is 3.66. The lowest BCUT2D eigenvalue weighted by Gasteiger charge is -1.95. The Kier molecular flexibility index (Phi) is 4.52. The number of rotatable bonds is 1. The molecule has 0 saturated carbocycles. The standard InChI is InChI=1S/C10H8Cl2S/c11-9-4-5-10(12)8(7-9)3-1-2-6-13/h4-5,7,13H,2,6H2. The zero-order chi connectivity index (χ0) is 9.68. The molecule has 0 aliphatic carbocycles. The van der Waals surface area contributed by atoms with Crippen LogP contribution in [0.15, 0.2) is 18.2 Å². The van der Waals surface area contributed by atoms with Crippen LogP contribution >= 0.6 is 35.8 Å². The lowest BCUT2D eigenvalue weighted by Crippen LogP contribution is -1.77. The van der Waals surface area contributed by atoms with Gasteiger partial charge in [-0.05, 0) is 18.2 Å². The molecule has 0 aliphatic rings. The van der Waals surface area contributed by atoms with E-state index in [9.17, 15) is 0 Å². The van der Waals surface area contributed by atoms with Gasteiger partial charge in [0.25, 0.3) is 0 Å². The molecule has 0 aliphatic heterocycles. The van der Waals surface area contributed by atoms with Crippen LogP contribution in [0, 0.1) is 11.8 Å².